The van der Waals surface area contributed by atoms with Crippen LogP contribution >= 0.6 is 7.14 Å². The smallest absolute Gasteiger partial charge is 0.229 e. The molecule has 4 aromatic rings. The predicted octanol–water partition coefficient (Wildman–Crippen LogP) is 5.66. The van der Waals surface area contributed by atoms with E-state index < -0.39 is 7.14 Å². The minimum atomic E-state index is -2.59. The van der Waals surface area contributed by atoms with Crippen LogP contribution in [0.1, 0.15) is 30.9 Å². The molecule has 0 amide bonds. The maximum atomic E-state index is 13.2. The zero-order valence-corrected chi connectivity index (χ0v) is 26.0. The third kappa shape index (κ3) is 6.34. The van der Waals surface area contributed by atoms with Gasteiger partial charge in [-0.3, -0.25) is 9.48 Å². The number of hydrogen-bond donors (Lipinski definition) is 2. The first-order valence-corrected chi connectivity index (χ1v) is 16.7. The Morgan fingerprint density at radius 2 is 1.81 bits per heavy atom. The van der Waals surface area contributed by atoms with Crippen molar-refractivity contribution in [2.75, 3.05) is 49.1 Å². The van der Waals surface area contributed by atoms with Crippen LogP contribution in [0.4, 0.5) is 28.8 Å². The number of hydrogen-bond acceptors (Lipinski definition) is 9. The van der Waals surface area contributed by atoms with Gasteiger partial charge in [-0.15, -0.1) is 0 Å². The highest BCUT2D eigenvalue weighted by molar-refractivity contribution is 7.70. The molecule has 11 heteroatoms. The minimum absolute atomic E-state index is 0.310. The molecule has 10 nitrogen and oxygen atoms in total. The topological polar surface area (TPSA) is 114 Å². The lowest BCUT2D eigenvalue weighted by molar-refractivity contribution is -0.119. The molecule has 0 spiro atoms. The number of methoxy groups -OCH3 is 1. The van der Waals surface area contributed by atoms with Crippen molar-refractivity contribution in [1.82, 2.24) is 19.7 Å². The molecule has 5 rings (SSSR count). The van der Waals surface area contributed by atoms with Crippen LogP contribution in [0.15, 0.2) is 48.9 Å². The standard InChI is InChI=1S/C31H38N7O3P/c1-7-21-15-26(28(41-4)16-27(21)38-12-10-23(39)11-13-38)35-31-32-18-24(22-17-33-37(3)19-22)30(36-31)34-25-9-8-20(2)14-29(25)42(5,6)40/h8-9,14-19H,7,10-13H2,1-6H3,(H2,32,34,35,36). The van der Waals surface area contributed by atoms with E-state index in [0.717, 1.165) is 51.0 Å². The molecule has 220 valence electrons. The molecule has 2 aromatic heterocycles. The normalized spacial score (nSPS) is 13.8. The van der Waals surface area contributed by atoms with Gasteiger partial charge in [0, 0.05) is 73.6 Å². The SMILES string of the molecule is CCc1cc(Nc2ncc(-c3cnn(C)c3)c(Nc3ccc(C)cc3P(C)(C)=O)n2)c(OC)cc1N1CCC(=O)CC1. The maximum absolute atomic E-state index is 13.2. The maximum Gasteiger partial charge on any atom is 0.229 e. The third-order valence-electron chi connectivity index (χ3n) is 7.48. The summed E-state index contributed by atoms with van der Waals surface area (Å²) in [5.41, 5.74) is 6.36. The number of ether oxygens (including phenoxy) is 1. The highest BCUT2D eigenvalue weighted by atomic mass is 31.2. The molecule has 3 heterocycles. The van der Waals surface area contributed by atoms with Gasteiger partial charge in [0.2, 0.25) is 5.95 Å². The molecular weight excluding hydrogens is 549 g/mol. The summed E-state index contributed by atoms with van der Waals surface area (Å²) in [5.74, 6) is 1.91. The summed E-state index contributed by atoms with van der Waals surface area (Å²) in [5, 5.41) is 11.9. The van der Waals surface area contributed by atoms with Gasteiger partial charge in [-0.2, -0.15) is 10.1 Å². The van der Waals surface area contributed by atoms with E-state index in [1.807, 2.05) is 44.4 Å². The van der Waals surface area contributed by atoms with Crippen molar-refractivity contribution in [3.8, 4) is 16.9 Å². The summed E-state index contributed by atoms with van der Waals surface area (Å²) < 4.78 is 20.7. The van der Waals surface area contributed by atoms with Gasteiger partial charge in [0.15, 0.2) is 0 Å². The Hall–Kier alpha value is -4.17. The second-order valence-electron chi connectivity index (χ2n) is 11.0. The average molecular weight is 588 g/mol. The van der Waals surface area contributed by atoms with E-state index in [-0.39, 0.29) is 0 Å². The molecule has 0 saturated carbocycles. The van der Waals surface area contributed by atoms with E-state index in [1.54, 1.807) is 37.5 Å². The van der Waals surface area contributed by atoms with Gasteiger partial charge in [-0.05, 0) is 50.4 Å². The molecule has 0 bridgehead atoms. The molecule has 1 fully saturated rings. The summed E-state index contributed by atoms with van der Waals surface area (Å²) in [4.78, 5) is 23.6. The van der Waals surface area contributed by atoms with Gasteiger partial charge in [-0.1, -0.05) is 18.6 Å². The van der Waals surface area contributed by atoms with Gasteiger partial charge in [0.05, 0.1) is 24.7 Å². The van der Waals surface area contributed by atoms with E-state index in [1.165, 1.54) is 0 Å². The monoisotopic (exact) mass is 587 g/mol. The van der Waals surface area contributed by atoms with E-state index in [4.69, 9.17) is 9.72 Å². The van der Waals surface area contributed by atoms with E-state index in [9.17, 15) is 9.36 Å². The van der Waals surface area contributed by atoms with Crippen LogP contribution in [0, 0.1) is 6.92 Å². The molecule has 2 aromatic carbocycles. The molecule has 0 atom stereocenters. The number of nitrogens with zero attached hydrogens (tertiary/aromatic N) is 5. The van der Waals surface area contributed by atoms with E-state index in [0.29, 0.717) is 49.2 Å². The van der Waals surface area contributed by atoms with Gasteiger partial charge in [0.1, 0.15) is 24.5 Å². The van der Waals surface area contributed by atoms with Crippen LogP contribution in [-0.2, 0) is 22.8 Å². The molecule has 2 N–H and O–H groups in total. The lowest BCUT2D eigenvalue weighted by Gasteiger charge is -2.31. The lowest BCUT2D eigenvalue weighted by atomic mass is 10.0. The third-order valence-corrected chi connectivity index (χ3v) is 9.01. The van der Waals surface area contributed by atoms with Crippen LogP contribution < -0.4 is 25.6 Å². The Morgan fingerprint density at radius 3 is 2.45 bits per heavy atom. The largest absolute Gasteiger partial charge is 0.494 e. The molecule has 0 radical (unpaired) electrons. The van der Waals surface area contributed by atoms with Crippen molar-refractivity contribution in [1.29, 1.82) is 0 Å². The van der Waals surface area contributed by atoms with E-state index in [2.05, 4.69) is 38.6 Å². The van der Waals surface area contributed by atoms with Crippen LogP contribution in [0.2, 0.25) is 0 Å². The van der Waals surface area contributed by atoms with E-state index >= 15 is 0 Å². The second kappa shape index (κ2) is 12.0. The molecule has 42 heavy (non-hydrogen) atoms. The number of piperidine rings is 1. The fourth-order valence-electron chi connectivity index (χ4n) is 5.20. The predicted molar refractivity (Wildman–Crippen MR) is 170 cm³/mol. The Bertz CT molecular complexity index is 1670. The fourth-order valence-corrected chi connectivity index (χ4v) is 6.43. The second-order valence-corrected chi connectivity index (χ2v) is 14.2. The number of carbonyl (C=O) groups excluding carboxylic acids is 1. The zero-order valence-electron chi connectivity index (χ0n) is 25.1. The Morgan fingerprint density at radius 1 is 1.05 bits per heavy atom. The molecule has 1 aliphatic heterocycles. The number of nitrogens with one attached hydrogen (secondary N) is 2. The minimum Gasteiger partial charge on any atom is -0.494 e. The first kappa shape index (κ1) is 29.3. The zero-order chi connectivity index (χ0) is 30.0. The Balaban J connectivity index is 1.54. The number of benzene rings is 2. The molecule has 1 saturated heterocycles. The average Bonchev–Trinajstić information content (AvgIpc) is 3.39. The van der Waals surface area contributed by atoms with Crippen molar-refractivity contribution in [2.45, 2.75) is 33.1 Å². The van der Waals surface area contributed by atoms with Crippen LogP contribution in [0.5, 0.6) is 5.75 Å². The van der Waals surface area contributed by atoms with Gasteiger partial charge in [0.25, 0.3) is 0 Å². The number of Topliss-reactive ketones (excluding diaryl/α,β-unsaturated/α-hetero) is 1. The van der Waals surface area contributed by atoms with Crippen LogP contribution in [0.3, 0.4) is 0 Å². The van der Waals surface area contributed by atoms with Gasteiger partial charge >= 0.3 is 0 Å². The molecule has 0 aliphatic carbocycles. The number of carbonyl (C=O) groups is 1. The molecular formula is C31H38N7O3P. The van der Waals surface area contributed by atoms with Crippen molar-refractivity contribution in [2.24, 2.45) is 7.05 Å². The first-order valence-electron chi connectivity index (χ1n) is 14.1. The number of rotatable bonds is 9. The number of aryl methyl sites for hydroxylation is 3. The summed E-state index contributed by atoms with van der Waals surface area (Å²) in [6.07, 6.45) is 7.36. The number of aromatic nitrogens is 4. The van der Waals surface area contributed by atoms with Gasteiger partial charge < -0.3 is 24.8 Å². The lowest BCUT2D eigenvalue weighted by Crippen LogP contribution is -2.34. The fraction of sp³-hybridized carbons (Fsp3) is 0.355. The Labute approximate surface area is 246 Å². The summed E-state index contributed by atoms with van der Waals surface area (Å²) in [6.45, 7) is 9.06. The first-order chi connectivity index (χ1) is 20.0. The van der Waals surface area contributed by atoms with Crippen molar-refractivity contribution in [3.05, 3.63) is 60.0 Å². The highest BCUT2D eigenvalue weighted by Gasteiger charge is 2.22. The van der Waals surface area contributed by atoms with Crippen molar-refractivity contribution >= 4 is 47.1 Å². The van der Waals surface area contributed by atoms with Crippen LogP contribution in [-0.4, -0.2) is 59.1 Å². The highest BCUT2D eigenvalue weighted by Crippen LogP contribution is 2.40. The molecule has 0 unspecified atom stereocenters. The van der Waals surface area contributed by atoms with Gasteiger partial charge in [-0.25, -0.2) is 4.98 Å². The number of anilines is 5. The summed E-state index contributed by atoms with van der Waals surface area (Å²) in [6, 6.07) is 9.99. The summed E-state index contributed by atoms with van der Waals surface area (Å²) >= 11 is 0. The van der Waals surface area contributed by atoms with Crippen molar-refractivity contribution in [3.63, 3.8) is 0 Å². The van der Waals surface area contributed by atoms with Crippen molar-refractivity contribution < 1.29 is 14.1 Å². The summed E-state index contributed by atoms with van der Waals surface area (Å²) in [7, 11) is 0.914. The molecule has 1 aliphatic rings. The Kier molecular flexibility index (Phi) is 8.36. The van der Waals surface area contributed by atoms with Crippen LogP contribution in [0.25, 0.3) is 11.1 Å². The number of ketones is 1. The quantitative estimate of drug-likeness (QED) is 0.239.